The first kappa shape index (κ1) is 13.6. The first-order valence-electron chi connectivity index (χ1n) is 6.80. The standard InChI is InChI=1S/C17H14N2OS/c1-3-19(16(20)11-18-2)14-9-6-8-13-12-7-4-5-10-15(12)21-17(13)14/h4-10H,3,11H2,1H3. The fourth-order valence-electron chi connectivity index (χ4n) is 2.58. The number of carbonyl (C=O) groups is 1. The maximum Gasteiger partial charge on any atom is 0.307 e. The Kier molecular flexibility index (Phi) is 3.59. The normalized spacial score (nSPS) is 10.7. The van der Waals surface area contributed by atoms with Crippen molar-refractivity contribution in [3.63, 3.8) is 0 Å². The minimum atomic E-state index is -0.141. The number of benzene rings is 2. The number of anilines is 1. The Morgan fingerprint density at radius 3 is 2.71 bits per heavy atom. The summed E-state index contributed by atoms with van der Waals surface area (Å²) in [7, 11) is 0. The van der Waals surface area contributed by atoms with Gasteiger partial charge in [-0.05, 0) is 19.1 Å². The number of carbonyl (C=O) groups excluding carboxylic acids is 1. The highest BCUT2D eigenvalue weighted by molar-refractivity contribution is 7.26. The lowest BCUT2D eigenvalue weighted by atomic mass is 10.1. The molecule has 0 N–H and O–H groups in total. The molecule has 0 unspecified atom stereocenters. The number of nitrogens with zero attached hydrogens (tertiary/aromatic N) is 2. The van der Waals surface area contributed by atoms with Crippen LogP contribution in [0.1, 0.15) is 6.92 Å². The summed E-state index contributed by atoms with van der Waals surface area (Å²) < 4.78 is 2.33. The Hall–Kier alpha value is -2.38. The molecule has 0 atom stereocenters. The van der Waals surface area contributed by atoms with Crippen LogP contribution in [0.2, 0.25) is 0 Å². The zero-order valence-electron chi connectivity index (χ0n) is 11.7. The summed E-state index contributed by atoms with van der Waals surface area (Å²) in [5.74, 6) is -0.141. The number of likely N-dealkylation sites (N-methyl/N-ethyl adjacent to an activating group) is 1. The maximum absolute atomic E-state index is 12.2. The van der Waals surface area contributed by atoms with Gasteiger partial charge in [0.25, 0.3) is 6.54 Å². The van der Waals surface area contributed by atoms with Crippen LogP contribution in [0.15, 0.2) is 42.5 Å². The van der Waals surface area contributed by atoms with Crippen LogP contribution in [0.3, 0.4) is 0 Å². The number of rotatable bonds is 3. The van der Waals surface area contributed by atoms with Crippen LogP contribution in [0, 0.1) is 6.57 Å². The van der Waals surface area contributed by atoms with Gasteiger partial charge in [0, 0.05) is 22.0 Å². The number of hydrogen-bond donors (Lipinski definition) is 0. The molecule has 0 spiro atoms. The molecule has 1 heterocycles. The van der Waals surface area contributed by atoms with Gasteiger partial charge in [0.15, 0.2) is 0 Å². The molecule has 3 aromatic rings. The molecule has 104 valence electrons. The number of fused-ring (bicyclic) bond motifs is 3. The average Bonchev–Trinajstić information content (AvgIpc) is 2.88. The summed E-state index contributed by atoms with van der Waals surface area (Å²) in [6.07, 6.45) is 0. The number of thiophene rings is 1. The van der Waals surface area contributed by atoms with E-state index in [0.717, 1.165) is 10.4 Å². The molecule has 3 nitrogen and oxygen atoms in total. The van der Waals surface area contributed by atoms with Crippen molar-refractivity contribution in [2.45, 2.75) is 6.92 Å². The molecule has 0 radical (unpaired) electrons. The van der Waals surface area contributed by atoms with E-state index in [4.69, 9.17) is 6.57 Å². The Labute approximate surface area is 127 Å². The van der Waals surface area contributed by atoms with Crippen molar-refractivity contribution < 1.29 is 4.79 Å². The van der Waals surface area contributed by atoms with E-state index in [1.807, 2.05) is 31.2 Å². The van der Waals surface area contributed by atoms with Gasteiger partial charge in [-0.15, -0.1) is 11.3 Å². The molecule has 3 rings (SSSR count). The van der Waals surface area contributed by atoms with Crippen LogP contribution in [0.25, 0.3) is 25.0 Å². The predicted molar refractivity (Wildman–Crippen MR) is 88.8 cm³/mol. The lowest BCUT2D eigenvalue weighted by Crippen LogP contribution is -2.32. The molecule has 1 amide bonds. The Morgan fingerprint density at radius 2 is 1.95 bits per heavy atom. The van der Waals surface area contributed by atoms with Gasteiger partial charge in [0.1, 0.15) is 0 Å². The summed E-state index contributed by atoms with van der Waals surface area (Å²) in [6.45, 7) is 9.30. The topological polar surface area (TPSA) is 24.7 Å². The van der Waals surface area contributed by atoms with Gasteiger partial charge in [-0.2, -0.15) is 0 Å². The van der Waals surface area contributed by atoms with E-state index in [1.165, 1.54) is 15.5 Å². The molecule has 0 bridgehead atoms. The van der Waals surface area contributed by atoms with E-state index in [0.29, 0.717) is 6.54 Å². The quantitative estimate of drug-likeness (QED) is 0.660. The molecule has 0 aliphatic carbocycles. The van der Waals surface area contributed by atoms with Gasteiger partial charge in [-0.25, -0.2) is 6.57 Å². The van der Waals surface area contributed by atoms with Crippen LogP contribution in [-0.4, -0.2) is 19.0 Å². The second-order valence-corrected chi connectivity index (χ2v) is 5.76. The van der Waals surface area contributed by atoms with Crippen LogP contribution < -0.4 is 4.90 Å². The third kappa shape index (κ3) is 2.26. The lowest BCUT2D eigenvalue weighted by molar-refractivity contribution is -0.116. The Morgan fingerprint density at radius 1 is 1.19 bits per heavy atom. The Balaban J connectivity index is 2.23. The highest BCUT2D eigenvalue weighted by Gasteiger charge is 2.19. The van der Waals surface area contributed by atoms with Gasteiger partial charge in [0.05, 0.1) is 10.4 Å². The van der Waals surface area contributed by atoms with Crippen LogP contribution in [-0.2, 0) is 4.79 Å². The number of hydrogen-bond acceptors (Lipinski definition) is 2. The zero-order chi connectivity index (χ0) is 14.8. The maximum atomic E-state index is 12.2. The number of amides is 1. The summed E-state index contributed by atoms with van der Waals surface area (Å²) in [6, 6.07) is 14.3. The van der Waals surface area contributed by atoms with Crippen molar-refractivity contribution in [3.05, 3.63) is 53.9 Å². The lowest BCUT2D eigenvalue weighted by Gasteiger charge is -2.19. The third-order valence-corrected chi connectivity index (χ3v) is 4.71. The first-order chi connectivity index (χ1) is 10.3. The van der Waals surface area contributed by atoms with E-state index < -0.39 is 0 Å². The van der Waals surface area contributed by atoms with Crippen LogP contribution in [0.4, 0.5) is 5.69 Å². The van der Waals surface area contributed by atoms with Gasteiger partial charge >= 0.3 is 5.91 Å². The molecular formula is C17H14N2OS. The predicted octanol–water partition coefficient (Wildman–Crippen LogP) is 4.33. The second kappa shape index (κ2) is 5.55. The van der Waals surface area contributed by atoms with Crippen molar-refractivity contribution in [2.75, 3.05) is 18.0 Å². The molecule has 0 saturated heterocycles. The van der Waals surface area contributed by atoms with Crippen LogP contribution >= 0.6 is 11.3 Å². The molecule has 0 saturated carbocycles. The van der Waals surface area contributed by atoms with Gasteiger partial charge in [0.2, 0.25) is 0 Å². The van der Waals surface area contributed by atoms with Gasteiger partial charge in [-0.3, -0.25) is 4.79 Å². The fourth-order valence-corrected chi connectivity index (χ4v) is 3.80. The van der Waals surface area contributed by atoms with Crippen molar-refractivity contribution in [1.82, 2.24) is 0 Å². The molecule has 0 aliphatic heterocycles. The molecule has 21 heavy (non-hydrogen) atoms. The molecule has 2 aromatic carbocycles. The highest BCUT2D eigenvalue weighted by Crippen LogP contribution is 2.39. The minimum absolute atomic E-state index is 0.102. The largest absolute Gasteiger partial charge is 0.307 e. The van der Waals surface area contributed by atoms with Crippen molar-refractivity contribution in [2.24, 2.45) is 0 Å². The molecule has 4 heteroatoms. The second-order valence-electron chi connectivity index (χ2n) is 4.71. The molecule has 0 fully saturated rings. The monoisotopic (exact) mass is 294 g/mol. The Bertz CT molecular complexity index is 860. The van der Waals surface area contributed by atoms with Crippen molar-refractivity contribution in [1.29, 1.82) is 0 Å². The van der Waals surface area contributed by atoms with Gasteiger partial charge < -0.3 is 9.74 Å². The van der Waals surface area contributed by atoms with Crippen molar-refractivity contribution >= 4 is 43.1 Å². The van der Waals surface area contributed by atoms with Gasteiger partial charge in [-0.1, -0.05) is 30.3 Å². The average molecular weight is 294 g/mol. The summed E-state index contributed by atoms with van der Waals surface area (Å²) in [5.41, 5.74) is 0.907. The van der Waals surface area contributed by atoms with Crippen molar-refractivity contribution in [3.8, 4) is 0 Å². The van der Waals surface area contributed by atoms with E-state index in [-0.39, 0.29) is 12.5 Å². The molecule has 1 aromatic heterocycles. The molecule has 0 aliphatic rings. The van der Waals surface area contributed by atoms with E-state index in [2.05, 4.69) is 23.0 Å². The first-order valence-corrected chi connectivity index (χ1v) is 7.61. The smallest absolute Gasteiger partial charge is 0.306 e. The summed E-state index contributed by atoms with van der Waals surface area (Å²) >= 11 is 1.70. The minimum Gasteiger partial charge on any atom is -0.306 e. The van der Waals surface area contributed by atoms with E-state index >= 15 is 0 Å². The highest BCUT2D eigenvalue weighted by atomic mass is 32.1. The summed E-state index contributed by atoms with van der Waals surface area (Å²) in [4.78, 5) is 17.1. The third-order valence-electron chi connectivity index (χ3n) is 3.51. The zero-order valence-corrected chi connectivity index (χ0v) is 12.5. The SMILES string of the molecule is [C-]#[N+]CC(=O)N(CC)c1cccc2c1sc1ccccc12. The van der Waals surface area contributed by atoms with E-state index in [9.17, 15) is 4.79 Å². The van der Waals surface area contributed by atoms with E-state index in [1.54, 1.807) is 16.2 Å². The van der Waals surface area contributed by atoms with Crippen LogP contribution in [0.5, 0.6) is 0 Å². The fraction of sp³-hybridized carbons (Fsp3) is 0.176. The molecular weight excluding hydrogens is 280 g/mol. The summed E-state index contributed by atoms with van der Waals surface area (Å²) in [5, 5.41) is 2.38.